The molecule has 35 heavy (non-hydrogen) atoms. The first-order chi connectivity index (χ1) is 17.0. The quantitative estimate of drug-likeness (QED) is 0.554. The minimum absolute atomic E-state index is 0.00157. The molecule has 1 atom stereocenters. The first-order valence-electron chi connectivity index (χ1n) is 11.9. The standard InChI is InChI=1S/C23H28N10O2/c1-23(3-5-32(14-23)20(34)16-12-27-28-13-16)33-4-2-17-18(15-10-25-21(24)26-11-15)29-22(30-19(17)33)31-6-8-35-9-7-31/h10-13H,2-9,14H2,1H3,(H,27,28)(H2,24,25,26)/t23-/m0/s1. The molecular formula is C23H28N10O2. The van der Waals surface area contributed by atoms with E-state index in [1.165, 1.54) is 0 Å². The van der Waals surface area contributed by atoms with E-state index < -0.39 is 0 Å². The van der Waals surface area contributed by atoms with Crippen LogP contribution >= 0.6 is 0 Å². The monoisotopic (exact) mass is 476 g/mol. The predicted octanol–water partition coefficient (Wildman–Crippen LogP) is 0.743. The zero-order valence-electron chi connectivity index (χ0n) is 19.6. The first kappa shape index (κ1) is 21.7. The third-order valence-electron chi connectivity index (χ3n) is 7.19. The highest BCUT2D eigenvalue weighted by atomic mass is 16.5. The fourth-order valence-corrected chi connectivity index (χ4v) is 5.26. The molecule has 12 nitrogen and oxygen atoms in total. The van der Waals surface area contributed by atoms with Gasteiger partial charge >= 0.3 is 0 Å². The van der Waals surface area contributed by atoms with E-state index >= 15 is 0 Å². The van der Waals surface area contributed by atoms with Gasteiger partial charge in [-0.15, -0.1) is 0 Å². The van der Waals surface area contributed by atoms with Crippen molar-refractivity contribution in [1.29, 1.82) is 0 Å². The van der Waals surface area contributed by atoms with Crippen LogP contribution in [0.15, 0.2) is 24.8 Å². The van der Waals surface area contributed by atoms with Crippen molar-refractivity contribution in [3.8, 4) is 11.3 Å². The molecule has 6 heterocycles. The van der Waals surface area contributed by atoms with Gasteiger partial charge in [0.05, 0.1) is 36.2 Å². The van der Waals surface area contributed by atoms with Crippen LogP contribution in [0.25, 0.3) is 11.3 Å². The highest BCUT2D eigenvalue weighted by Crippen LogP contribution is 2.41. The number of nitrogen functional groups attached to an aromatic ring is 1. The maximum absolute atomic E-state index is 13.0. The van der Waals surface area contributed by atoms with Gasteiger partial charge in [0.1, 0.15) is 5.82 Å². The number of ether oxygens (including phenoxy) is 1. The molecule has 0 aromatic carbocycles. The van der Waals surface area contributed by atoms with Crippen LogP contribution in [0.2, 0.25) is 0 Å². The van der Waals surface area contributed by atoms with Gasteiger partial charge in [0.25, 0.3) is 5.91 Å². The summed E-state index contributed by atoms with van der Waals surface area (Å²) >= 11 is 0. The molecule has 3 aromatic heterocycles. The molecule has 2 saturated heterocycles. The molecule has 0 unspecified atom stereocenters. The second-order valence-corrected chi connectivity index (χ2v) is 9.47. The molecule has 6 rings (SSSR count). The molecule has 0 spiro atoms. The SMILES string of the molecule is C[C@]1(N2CCc3c(-c4cnc(N)nc4)nc(N4CCOCC4)nc32)CCN(C(=O)c2cn[nH]c2)C1. The fraction of sp³-hybridized carbons (Fsp3) is 0.478. The van der Waals surface area contributed by atoms with Gasteiger partial charge < -0.3 is 25.2 Å². The lowest BCUT2D eigenvalue weighted by atomic mass is 9.99. The van der Waals surface area contributed by atoms with Crippen molar-refractivity contribution in [1.82, 2.24) is 35.0 Å². The topological polar surface area (TPSA) is 142 Å². The lowest BCUT2D eigenvalue weighted by molar-refractivity contribution is 0.0784. The summed E-state index contributed by atoms with van der Waals surface area (Å²) in [5.41, 5.74) is 8.82. The number of H-pyrrole nitrogens is 1. The van der Waals surface area contributed by atoms with E-state index in [0.29, 0.717) is 37.8 Å². The second kappa shape index (κ2) is 8.45. The number of likely N-dealkylation sites (tertiary alicyclic amines) is 1. The molecule has 12 heteroatoms. The number of hydrogen-bond acceptors (Lipinski definition) is 10. The normalized spacial score (nSPS) is 22.0. The number of nitrogens with zero attached hydrogens (tertiary/aromatic N) is 8. The van der Waals surface area contributed by atoms with Gasteiger partial charge in [-0.3, -0.25) is 9.89 Å². The first-order valence-corrected chi connectivity index (χ1v) is 11.9. The molecule has 0 saturated carbocycles. The Hall–Kier alpha value is -3.80. The number of aromatic nitrogens is 6. The number of rotatable bonds is 4. The van der Waals surface area contributed by atoms with Crippen LogP contribution in [0.5, 0.6) is 0 Å². The summed E-state index contributed by atoms with van der Waals surface area (Å²) in [6.07, 6.45) is 8.33. The van der Waals surface area contributed by atoms with E-state index in [-0.39, 0.29) is 17.4 Å². The Balaban J connectivity index is 1.37. The number of morpholine rings is 1. The summed E-state index contributed by atoms with van der Waals surface area (Å²) in [5.74, 6) is 1.83. The summed E-state index contributed by atoms with van der Waals surface area (Å²) in [4.78, 5) is 37.8. The lowest BCUT2D eigenvalue weighted by Gasteiger charge is -2.37. The van der Waals surface area contributed by atoms with E-state index in [0.717, 1.165) is 55.1 Å². The molecule has 2 fully saturated rings. The maximum Gasteiger partial charge on any atom is 0.257 e. The van der Waals surface area contributed by atoms with Gasteiger partial charge in [-0.2, -0.15) is 10.1 Å². The molecule has 3 aliphatic rings. The number of anilines is 3. The van der Waals surface area contributed by atoms with E-state index in [2.05, 4.69) is 36.9 Å². The molecule has 182 valence electrons. The van der Waals surface area contributed by atoms with E-state index in [9.17, 15) is 4.79 Å². The van der Waals surface area contributed by atoms with Crippen LogP contribution in [-0.4, -0.2) is 92.4 Å². The van der Waals surface area contributed by atoms with Crippen molar-refractivity contribution in [3.05, 3.63) is 35.9 Å². The number of nitrogens with one attached hydrogen (secondary N) is 1. The molecule has 0 radical (unpaired) electrons. The molecule has 3 aliphatic heterocycles. The van der Waals surface area contributed by atoms with Gasteiger partial charge in [0.15, 0.2) is 0 Å². The highest BCUT2D eigenvalue weighted by Gasteiger charge is 2.45. The van der Waals surface area contributed by atoms with Crippen molar-refractivity contribution >= 4 is 23.6 Å². The molecule has 1 amide bonds. The molecule has 0 bridgehead atoms. The van der Waals surface area contributed by atoms with Gasteiger partial charge in [-0.05, 0) is 19.8 Å². The molecule has 3 N–H and O–H groups in total. The van der Waals surface area contributed by atoms with Crippen molar-refractivity contribution < 1.29 is 9.53 Å². The fourth-order valence-electron chi connectivity index (χ4n) is 5.26. The number of aromatic amines is 1. The second-order valence-electron chi connectivity index (χ2n) is 9.47. The minimum Gasteiger partial charge on any atom is -0.378 e. The van der Waals surface area contributed by atoms with Crippen molar-refractivity contribution in [2.45, 2.75) is 25.3 Å². The third-order valence-corrected chi connectivity index (χ3v) is 7.19. The number of amides is 1. The van der Waals surface area contributed by atoms with Crippen molar-refractivity contribution in [3.63, 3.8) is 0 Å². The predicted molar refractivity (Wildman–Crippen MR) is 129 cm³/mol. The highest BCUT2D eigenvalue weighted by molar-refractivity contribution is 5.94. The maximum atomic E-state index is 13.0. The van der Waals surface area contributed by atoms with Crippen LogP contribution in [0.3, 0.4) is 0 Å². The Bertz CT molecular complexity index is 1230. The lowest BCUT2D eigenvalue weighted by Crippen LogP contribution is -2.49. The van der Waals surface area contributed by atoms with E-state index in [4.69, 9.17) is 20.4 Å². The van der Waals surface area contributed by atoms with Crippen LogP contribution in [0, 0.1) is 0 Å². The summed E-state index contributed by atoms with van der Waals surface area (Å²) in [7, 11) is 0. The third kappa shape index (κ3) is 3.83. The van der Waals surface area contributed by atoms with Crippen molar-refractivity contribution in [2.75, 3.05) is 61.5 Å². The zero-order valence-corrected chi connectivity index (χ0v) is 19.6. The van der Waals surface area contributed by atoms with Crippen LogP contribution in [0.4, 0.5) is 17.7 Å². The smallest absolute Gasteiger partial charge is 0.257 e. The van der Waals surface area contributed by atoms with Gasteiger partial charge in [0.2, 0.25) is 11.9 Å². The van der Waals surface area contributed by atoms with E-state index in [1.807, 2.05) is 4.90 Å². The van der Waals surface area contributed by atoms with Crippen LogP contribution in [-0.2, 0) is 11.2 Å². The van der Waals surface area contributed by atoms with Crippen molar-refractivity contribution in [2.24, 2.45) is 0 Å². The number of carbonyl (C=O) groups excluding carboxylic acids is 1. The van der Waals surface area contributed by atoms with Gasteiger partial charge in [-0.1, -0.05) is 0 Å². The molecule has 3 aromatic rings. The number of carbonyl (C=O) groups is 1. The van der Waals surface area contributed by atoms with E-state index in [1.54, 1.807) is 24.8 Å². The Kier molecular flexibility index (Phi) is 5.24. The number of fused-ring (bicyclic) bond motifs is 1. The zero-order chi connectivity index (χ0) is 24.0. The summed E-state index contributed by atoms with van der Waals surface area (Å²) < 4.78 is 5.54. The van der Waals surface area contributed by atoms with Crippen LogP contribution < -0.4 is 15.5 Å². The molecule has 0 aliphatic carbocycles. The summed E-state index contributed by atoms with van der Waals surface area (Å²) in [5, 5.41) is 6.65. The number of hydrogen-bond donors (Lipinski definition) is 2. The van der Waals surface area contributed by atoms with Gasteiger partial charge in [-0.25, -0.2) is 15.0 Å². The Morgan fingerprint density at radius 3 is 2.66 bits per heavy atom. The molecular weight excluding hydrogens is 448 g/mol. The Morgan fingerprint density at radius 2 is 1.91 bits per heavy atom. The summed E-state index contributed by atoms with van der Waals surface area (Å²) in [6, 6.07) is 0. The Morgan fingerprint density at radius 1 is 1.11 bits per heavy atom. The average molecular weight is 477 g/mol. The Labute approximate surface area is 202 Å². The van der Waals surface area contributed by atoms with Gasteiger partial charge in [0, 0.05) is 62.4 Å². The largest absolute Gasteiger partial charge is 0.378 e. The number of nitrogens with two attached hydrogens (primary N) is 1. The summed E-state index contributed by atoms with van der Waals surface area (Å²) in [6.45, 7) is 7.10. The minimum atomic E-state index is -0.240. The van der Waals surface area contributed by atoms with Crippen LogP contribution in [0.1, 0.15) is 29.3 Å². The average Bonchev–Trinajstić information content (AvgIpc) is 3.64.